The lowest BCUT2D eigenvalue weighted by molar-refractivity contribution is 0.539. The van der Waals surface area contributed by atoms with Crippen LogP contribution in [-0.4, -0.2) is 18.7 Å². The Morgan fingerprint density at radius 3 is 2.29 bits per heavy atom. The fourth-order valence-corrected chi connectivity index (χ4v) is 2.42. The van der Waals surface area contributed by atoms with Gasteiger partial charge in [0.05, 0.1) is 0 Å². The summed E-state index contributed by atoms with van der Waals surface area (Å²) in [7, 11) is 4.79. The molecule has 0 spiro atoms. The first kappa shape index (κ1) is 13.4. The number of imidazole rings is 1. The van der Waals surface area contributed by atoms with Crippen molar-refractivity contribution in [3.63, 3.8) is 0 Å². The van der Waals surface area contributed by atoms with Gasteiger partial charge in [-0.15, -0.1) is 0 Å². The molecular formula is C14H16N4O3. The predicted octanol–water partition coefficient (Wildman–Crippen LogP) is 0.848. The zero-order valence-electron chi connectivity index (χ0n) is 12.6. The molecule has 110 valence electrons. The third-order valence-electron chi connectivity index (χ3n) is 3.86. The fourth-order valence-electron chi connectivity index (χ4n) is 2.42. The van der Waals surface area contributed by atoms with Crippen molar-refractivity contribution in [1.82, 2.24) is 18.7 Å². The molecule has 0 amide bonds. The molecule has 0 saturated carbocycles. The van der Waals surface area contributed by atoms with Gasteiger partial charge in [0.2, 0.25) is 0 Å². The molecule has 3 aromatic heterocycles. The molecule has 0 aromatic carbocycles. The minimum absolute atomic E-state index is 0.354. The summed E-state index contributed by atoms with van der Waals surface area (Å²) in [6.07, 6.45) is 0. The Morgan fingerprint density at radius 2 is 1.71 bits per heavy atom. The van der Waals surface area contributed by atoms with Crippen molar-refractivity contribution in [2.45, 2.75) is 13.8 Å². The van der Waals surface area contributed by atoms with Gasteiger partial charge in [0.25, 0.3) is 5.56 Å². The van der Waals surface area contributed by atoms with Crippen LogP contribution in [0.1, 0.15) is 11.3 Å². The van der Waals surface area contributed by atoms with Crippen molar-refractivity contribution < 1.29 is 4.42 Å². The highest BCUT2D eigenvalue weighted by atomic mass is 16.3. The molecule has 0 unspecified atom stereocenters. The molecule has 3 heterocycles. The first-order valence-corrected chi connectivity index (χ1v) is 6.52. The van der Waals surface area contributed by atoms with Crippen LogP contribution in [0.15, 0.2) is 20.1 Å². The summed E-state index contributed by atoms with van der Waals surface area (Å²) in [6.45, 7) is 3.82. The van der Waals surface area contributed by atoms with E-state index in [1.807, 2.05) is 19.9 Å². The van der Waals surface area contributed by atoms with Crippen LogP contribution < -0.4 is 11.2 Å². The Labute approximate surface area is 120 Å². The highest BCUT2D eigenvalue weighted by Crippen LogP contribution is 2.25. The quantitative estimate of drug-likeness (QED) is 0.665. The van der Waals surface area contributed by atoms with Crippen LogP contribution in [-0.2, 0) is 21.1 Å². The van der Waals surface area contributed by atoms with Crippen molar-refractivity contribution >= 4 is 11.2 Å². The number of nitrogens with zero attached hydrogens (tertiary/aromatic N) is 4. The zero-order chi connectivity index (χ0) is 15.5. The summed E-state index contributed by atoms with van der Waals surface area (Å²) in [6, 6.07) is 1.87. The Hall–Kier alpha value is -2.57. The van der Waals surface area contributed by atoms with Gasteiger partial charge in [0, 0.05) is 21.1 Å². The monoisotopic (exact) mass is 288 g/mol. The van der Waals surface area contributed by atoms with Crippen LogP contribution in [0.3, 0.4) is 0 Å². The van der Waals surface area contributed by atoms with E-state index in [-0.39, 0.29) is 5.56 Å². The van der Waals surface area contributed by atoms with Crippen LogP contribution in [0.25, 0.3) is 22.7 Å². The largest absolute Gasteiger partial charge is 0.458 e. The van der Waals surface area contributed by atoms with E-state index in [0.29, 0.717) is 22.7 Å². The standard InChI is InChI=1S/C14H16N4O3/c1-7-6-9(21-8(7)2)11-15-12-10(16(11)3)13(19)18(5)14(20)17(12)4/h6H,1-5H3. The lowest BCUT2D eigenvalue weighted by Crippen LogP contribution is -2.37. The normalized spacial score (nSPS) is 11.5. The van der Waals surface area contributed by atoms with Crippen LogP contribution in [0, 0.1) is 13.8 Å². The molecule has 3 aromatic rings. The van der Waals surface area contributed by atoms with Gasteiger partial charge in [0.15, 0.2) is 22.7 Å². The Kier molecular flexibility index (Phi) is 2.69. The van der Waals surface area contributed by atoms with Gasteiger partial charge in [-0.2, -0.15) is 0 Å². The van der Waals surface area contributed by atoms with Crippen LogP contribution in [0.4, 0.5) is 0 Å². The van der Waals surface area contributed by atoms with E-state index in [1.54, 1.807) is 18.7 Å². The number of hydrogen-bond donors (Lipinski definition) is 0. The van der Waals surface area contributed by atoms with Gasteiger partial charge < -0.3 is 8.98 Å². The van der Waals surface area contributed by atoms with Crippen molar-refractivity contribution in [1.29, 1.82) is 0 Å². The maximum atomic E-state index is 12.3. The van der Waals surface area contributed by atoms with Crippen molar-refractivity contribution in [3.8, 4) is 11.6 Å². The molecule has 7 heteroatoms. The second-order valence-corrected chi connectivity index (χ2v) is 5.22. The van der Waals surface area contributed by atoms with E-state index in [2.05, 4.69) is 4.98 Å². The molecule has 0 atom stereocenters. The molecule has 21 heavy (non-hydrogen) atoms. The van der Waals surface area contributed by atoms with E-state index in [0.717, 1.165) is 15.9 Å². The Morgan fingerprint density at radius 1 is 1.05 bits per heavy atom. The molecule has 0 bridgehead atoms. The highest BCUT2D eigenvalue weighted by molar-refractivity contribution is 5.75. The van der Waals surface area contributed by atoms with Crippen molar-refractivity contribution in [2.75, 3.05) is 0 Å². The van der Waals surface area contributed by atoms with Crippen LogP contribution >= 0.6 is 0 Å². The number of furan rings is 1. The van der Waals surface area contributed by atoms with E-state index in [4.69, 9.17) is 4.42 Å². The summed E-state index contributed by atoms with van der Waals surface area (Å²) in [5, 5.41) is 0. The van der Waals surface area contributed by atoms with Gasteiger partial charge in [-0.05, 0) is 25.5 Å². The molecule has 0 N–H and O–H groups in total. The van der Waals surface area contributed by atoms with Gasteiger partial charge in [-0.25, -0.2) is 9.78 Å². The third kappa shape index (κ3) is 1.70. The zero-order valence-corrected chi connectivity index (χ0v) is 12.6. The minimum Gasteiger partial charge on any atom is -0.458 e. The minimum atomic E-state index is -0.399. The van der Waals surface area contributed by atoms with Crippen LogP contribution in [0.2, 0.25) is 0 Å². The summed E-state index contributed by atoms with van der Waals surface area (Å²) in [4.78, 5) is 28.7. The van der Waals surface area contributed by atoms with Gasteiger partial charge in [0.1, 0.15) is 5.76 Å². The number of aromatic nitrogens is 4. The summed E-state index contributed by atoms with van der Waals surface area (Å²) in [5.41, 5.74) is 0.978. The summed E-state index contributed by atoms with van der Waals surface area (Å²) in [5.74, 6) is 1.91. The fraction of sp³-hybridized carbons (Fsp3) is 0.357. The van der Waals surface area contributed by atoms with Gasteiger partial charge >= 0.3 is 5.69 Å². The smallest absolute Gasteiger partial charge is 0.332 e. The summed E-state index contributed by atoms with van der Waals surface area (Å²) < 4.78 is 9.77. The van der Waals surface area contributed by atoms with Crippen molar-refractivity contribution in [2.24, 2.45) is 21.1 Å². The summed E-state index contributed by atoms with van der Waals surface area (Å²) >= 11 is 0. The first-order valence-electron chi connectivity index (χ1n) is 6.52. The number of fused-ring (bicyclic) bond motifs is 1. The third-order valence-corrected chi connectivity index (χ3v) is 3.86. The van der Waals surface area contributed by atoms with E-state index in [1.165, 1.54) is 11.6 Å². The average Bonchev–Trinajstić information content (AvgIpc) is 2.95. The van der Waals surface area contributed by atoms with Crippen molar-refractivity contribution in [3.05, 3.63) is 38.2 Å². The number of rotatable bonds is 1. The molecule has 0 radical (unpaired) electrons. The maximum Gasteiger partial charge on any atom is 0.332 e. The number of hydrogen-bond acceptors (Lipinski definition) is 4. The SMILES string of the molecule is Cc1cc(-c2nc3c(c(=O)n(C)c(=O)n3C)n2C)oc1C. The Bertz CT molecular complexity index is 965. The molecule has 3 rings (SSSR count). The highest BCUT2D eigenvalue weighted by Gasteiger charge is 2.20. The first-order chi connectivity index (χ1) is 9.82. The molecule has 0 fully saturated rings. The lowest BCUT2D eigenvalue weighted by Gasteiger charge is -2.03. The topological polar surface area (TPSA) is 75.0 Å². The van der Waals surface area contributed by atoms with Crippen LogP contribution in [0.5, 0.6) is 0 Å². The van der Waals surface area contributed by atoms with Gasteiger partial charge in [-0.3, -0.25) is 13.9 Å². The molecular weight excluding hydrogens is 272 g/mol. The molecule has 0 aliphatic heterocycles. The second-order valence-electron chi connectivity index (χ2n) is 5.22. The number of aryl methyl sites for hydroxylation is 4. The van der Waals surface area contributed by atoms with E-state index >= 15 is 0 Å². The molecule has 7 nitrogen and oxygen atoms in total. The maximum absolute atomic E-state index is 12.3. The molecule has 0 saturated heterocycles. The molecule has 0 aliphatic carbocycles. The predicted molar refractivity (Wildman–Crippen MR) is 78.4 cm³/mol. The average molecular weight is 288 g/mol. The van der Waals surface area contributed by atoms with Gasteiger partial charge in [-0.1, -0.05) is 0 Å². The second kappa shape index (κ2) is 4.21. The van der Waals surface area contributed by atoms with E-state index in [9.17, 15) is 9.59 Å². The van der Waals surface area contributed by atoms with E-state index < -0.39 is 5.69 Å². The lowest BCUT2D eigenvalue weighted by atomic mass is 10.3. The molecule has 0 aliphatic rings. The Balaban J connectivity index is 2.45.